The average Bonchev–Trinajstić information content (AvgIpc) is 2.91. The number of hydrogen-bond acceptors (Lipinski definition) is 0. The van der Waals surface area contributed by atoms with Gasteiger partial charge in [0.15, 0.2) is 0 Å². The van der Waals surface area contributed by atoms with Gasteiger partial charge in [0.25, 0.3) is 0 Å². The molecule has 2 rings (SSSR count). The zero-order chi connectivity index (χ0) is 14.7. The van der Waals surface area contributed by atoms with Gasteiger partial charge in [-0.1, -0.05) is 52.7 Å². The number of benzene rings is 1. The highest BCUT2D eigenvalue weighted by molar-refractivity contribution is 6.21. The Morgan fingerprint density at radius 3 is 2.05 bits per heavy atom. The standard InChI is InChI=1S/C19H29Cl/c1-5-14-11-15(6-2)18(16(7-3)12-14)19(20)17-10-8-9-13(17)4/h11-13,17,19H,5-10H2,1-4H3. The van der Waals surface area contributed by atoms with Gasteiger partial charge < -0.3 is 0 Å². The van der Waals surface area contributed by atoms with Gasteiger partial charge in [-0.05, 0) is 59.8 Å². The van der Waals surface area contributed by atoms with E-state index >= 15 is 0 Å². The highest BCUT2D eigenvalue weighted by atomic mass is 35.5. The Labute approximate surface area is 129 Å². The van der Waals surface area contributed by atoms with Gasteiger partial charge in [-0.15, -0.1) is 11.6 Å². The van der Waals surface area contributed by atoms with Gasteiger partial charge in [0.2, 0.25) is 0 Å². The minimum Gasteiger partial charge on any atom is -0.117 e. The summed E-state index contributed by atoms with van der Waals surface area (Å²) in [6.45, 7) is 9.15. The van der Waals surface area contributed by atoms with Crippen molar-refractivity contribution >= 4 is 11.6 Å². The molecular weight excluding hydrogens is 264 g/mol. The van der Waals surface area contributed by atoms with Gasteiger partial charge >= 0.3 is 0 Å². The van der Waals surface area contributed by atoms with Crippen molar-refractivity contribution in [3.05, 3.63) is 34.4 Å². The molecule has 112 valence electrons. The average molecular weight is 293 g/mol. The molecule has 1 aliphatic carbocycles. The summed E-state index contributed by atoms with van der Waals surface area (Å²) in [7, 11) is 0. The third-order valence-electron chi connectivity index (χ3n) is 5.16. The number of alkyl halides is 1. The molecule has 0 spiro atoms. The summed E-state index contributed by atoms with van der Waals surface area (Å²) in [6.07, 6.45) is 7.32. The van der Waals surface area contributed by atoms with E-state index < -0.39 is 0 Å². The lowest BCUT2D eigenvalue weighted by Gasteiger charge is -2.26. The molecule has 1 aromatic carbocycles. The Bertz CT molecular complexity index is 424. The minimum atomic E-state index is 0.211. The van der Waals surface area contributed by atoms with E-state index in [1.807, 2.05) is 0 Å². The van der Waals surface area contributed by atoms with E-state index in [-0.39, 0.29) is 5.38 Å². The Morgan fingerprint density at radius 1 is 1.05 bits per heavy atom. The van der Waals surface area contributed by atoms with Crippen LogP contribution in [0.4, 0.5) is 0 Å². The Morgan fingerprint density at radius 2 is 1.65 bits per heavy atom. The third-order valence-corrected chi connectivity index (χ3v) is 5.70. The van der Waals surface area contributed by atoms with E-state index in [1.165, 1.54) is 41.5 Å². The van der Waals surface area contributed by atoms with Crippen molar-refractivity contribution in [2.75, 3.05) is 0 Å². The number of hydrogen-bond donors (Lipinski definition) is 0. The SMILES string of the molecule is CCc1cc(CC)c(C(Cl)C2CCCC2C)c(CC)c1. The van der Waals surface area contributed by atoms with Crippen molar-refractivity contribution in [2.45, 2.75) is 71.6 Å². The molecule has 3 atom stereocenters. The van der Waals surface area contributed by atoms with Gasteiger partial charge in [-0.25, -0.2) is 0 Å². The smallest absolute Gasteiger partial charge is 0.0621 e. The van der Waals surface area contributed by atoms with E-state index in [2.05, 4.69) is 39.8 Å². The molecule has 0 radical (unpaired) electrons. The second-order valence-electron chi connectivity index (χ2n) is 6.36. The summed E-state index contributed by atoms with van der Waals surface area (Å²) in [5.74, 6) is 1.44. The van der Waals surface area contributed by atoms with Crippen molar-refractivity contribution in [3.8, 4) is 0 Å². The van der Waals surface area contributed by atoms with Crippen LogP contribution in [0.2, 0.25) is 0 Å². The summed E-state index contributed by atoms with van der Waals surface area (Å²) in [6, 6.07) is 4.78. The van der Waals surface area contributed by atoms with E-state index in [9.17, 15) is 0 Å². The first kappa shape index (κ1) is 15.9. The molecule has 0 aromatic heterocycles. The molecule has 0 N–H and O–H groups in total. The van der Waals surface area contributed by atoms with Crippen LogP contribution >= 0.6 is 11.6 Å². The molecule has 0 heterocycles. The highest BCUT2D eigenvalue weighted by Gasteiger charge is 2.32. The van der Waals surface area contributed by atoms with Gasteiger partial charge in [0.1, 0.15) is 0 Å². The predicted octanol–water partition coefficient (Wildman–Crippen LogP) is 6.09. The topological polar surface area (TPSA) is 0 Å². The number of halogens is 1. The monoisotopic (exact) mass is 292 g/mol. The van der Waals surface area contributed by atoms with Crippen LogP contribution < -0.4 is 0 Å². The maximum Gasteiger partial charge on any atom is 0.0621 e. The van der Waals surface area contributed by atoms with Crippen LogP contribution in [0.1, 0.15) is 74.6 Å². The van der Waals surface area contributed by atoms with Crippen LogP contribution in [0, 0.1) is 11.8 Å². The molecule has 0 bridgehead atoms. The van der Waals surface area contributed by atoms with Gasteiger partial charge in [0.05, 0.1) is 5.38 Å². The minimum absolute atomic E-state index is 0.211. The largest absolute Gasteiger partial charge is 0.117 e. The maximum absolute atomic E-state index is 6.97. The fourth-order valence-electron chi connectivity index (χ4n) is 3.82. The van der Waals surface area contributed by atoms with Gasteiger partial charge in [-0.3, -0.25) is 0 Å². The predicted molar refractivity (Wildman–Crippen MR) is 89.7 cm³/mol. The second kappa shape index (κ2) is 6.98. The van der Waals surface area contributed by atoms with Crippen molar-refractivity contribution in [1.82, 2.24) is 0 Å². The Kier molecular flexibility index (Phi) is 5.55. The van der Waals surface area contributed by atoms with Crippen LogP contribution in [0.25, 0.3) is 0 Å². The molecule has 0 amide bonds. The van der Waals surface area contributed by atoms with Crippen LogP contribution in [0.5, 0.6) is 0 Å². The lowest BCUT2D eigenvalue weighted by atomic mass is 9.84. The zero-order valence-corrected chi connectivity index (χ0v) is 14.3. The molecule has 0 nitrogen and oxygen atoms in total. The van der Waals surface area contributed by atoms with E-state index in [0.717, 1.165) is 25.2 Å². The summed E-state index contributed by atoms with van der Waals surface area (Å²) in [5.41, 5.74) is 5.90. The lowest BCUT2D eigenvalue weighted by Crippen LogP contribution is -2.15. The van der Waals surface area contributed by atoms with Crippen LogP contribution in [-0.4, -0.2) is 0 Å². The van der Waals surface area contributed by atoms with Crippen molar-refractivity contribution < 1.29 is 0 Å². The van der Waals surface area contributed by atoms with Crippen LogP contribution in [0.3, 0.4) is 0 Å². The summed E-state index contributed by atoms with van der Waals surface area (Å²) in [4.78, 5) is 0. The fraction of sp³-hybridized carbons (Fsp3) is 0.684. The number of rotatable bonds is 5. The second-order valence-corrected chi connectivity index (χ2v) is 6.83. The first-order chi connectivity index (χ1) is 9.62. The van der Waals surface area contributed by atoms with Crippen LogP contribution in [0.15, 0.2) is 12.1 Å². The maximum atomic E-state index is 6.97. The summed E-state index contributed by atoms with van der Waals surface area (Å²) >= 11 is 6.97. The Hall–Kier alpha value is -0.490. The van der Waals surface area contributed by atoms with E-state index in [0.29, 0.717) is 5.92 Å². The molecule has 1 heteroatoms. The van der Waals surface area contributed by atoms with E-state index in [4.69, 9.17) is 11.6 Å². The fourth-order valence-corrected chi connectivity index (χ4v) is 4.47. The molecule has 3 unspecified atom stereocenters. The van der Waals surface area contributed by atoms with Gasteiger partial charge in [-0.2, -0.15) is 0 Å². The Balaban J connectivity index is 2.42. The highest BCUT2D eigenvalue weighted by Crippen LogP contribution is 2.45. The molecule has 1 fully saturated rings. The van der Waals surface area contributed by atoms with Crippen LogP contribution in [-0.2, 0) is 19.3 Å². The van der Waals surface area contributed by atoms with E-state index in [1.54, 1.807) is 0 Å². The quantitative estimate of drug-likeness (QED) is 0.576. The zero-order valence-electron chi connectivity index (χ0n) is 13.5. The normalized spacial score (nSPS) is 24.1. The van der Waals surface area contributed by atoms with Crippen molar-refractivity contribution in [3.63, 3.8) is 0 Å². The number of aryl methyl sites for hydroxylation is 3. The first-order valence-corrected chi connectivity index (χ1v) is 8.84. The van der Waals surface area contributed by atoms with Crippen molar-refractivity contribution in [1.29, 1.82) is 0 Å². The molecule has 1 saturated carbocycles. The van der Waals surface area contributed by atoms with Gasteiger partial charge in [0, 0.05) is 0 Å². The molecule has 20 heavy (non-hydrogen) atoms. The molecular formula is C19H29Cl. The molecule has 0 aliphatic heterocycles. The lowest BCUT2D eigenvalue weighted by molar-refractivity contribution is 0.403. The first-order valence-electron chi connectivity index (χ1n) is 8.40. The summed E-state index contributed by atoms with van der Waals surface area (Å²) in [5, 5.41) is 0.211. The summed E-state index contributed by atoms with van der Waals surface area (Å²) < 4.78 is 0. The molecule has 1 aliphatic rings. The molecule has 1 aromatic rings. The molecule has 0 saturated heterocycles. The van der Waals surface area contributed by atoms with Crippen molar-refractivity contribution in [2.24, 2.45) is 11.8 Å². The third kappa shape index (κ3) is 3.06.